The molecular formula is C20H26BrN3O5. The minimum Gasteiger partial charge on any atom is -0.494 e. The van der Waals surface area contributed by atoms with E-state index in [1.807, 2.05) is 0 Å². The van der Waals surface area contributed by atoms with Crippen molar-refractivity contribution in [3.63, 3.8) is 0 Å². The average molecular weight is 468 g/mol. The van der Waals surface area contributed by atoms with Crippen LogP contribution in [0.15, 0.2) is 23.0 Å². The normalized spacial score (nSPS) is 22.0. The molecule has 1 saturated heterocycles. The third-order valence-electron chi connectivity index (χ3n) is 5.26. The number of unbranched alkanes of at least 4 members (excludes halogenated alkanes) is 2. The van der Waals surface area contributed by atoms with Crippen LogP contribution in [0.2, 0.25) is 0 Å². The maximum atomic E-state index is 12.6. The number of fused-ring (bicyclic) bond motifs is 1. The molecule has 9 heteroatoms. The van der Waals surface area contributed by atoms with Gasteiger partial charge in [0.1, 0.15) is 18.1 Å². The van der Waals surface area contributed by atoms with E-state index in [1.54, 1.807) is 18.2 Å². The van der Waals surface area contributed by atoms with E-state index in [2.05, 4.69) is 31.5 Å². The molecule has 1 fully saturated rings. The van der Waals surface area contributed by atoms with Gasteiger partial charge < -0.3 is 20.6 Å². The van der Waals surface area contributed by atoms with Crippen LogP contribution in [-0.2, 0) is 4.79 Å². The lowest BCUT2D eigenvalue weighted by Crippen LogP contribution is -2.46. The van der Waals surface area contributed by atoms with E-state index in [9.17, 15) is 24.9 Å². The van der Waals surface area contributed by atoms with Crippen LogP contribution in [0.5, 0.6) is 5.88 Å². The van der Waals surface area contributed by atoms with Gasteiger partial charge in [-0.15, -0.1) is 0 Å². The first-order chi connectivity index (χ1) is 13.9. The molecule has 3 rings (SSSR count). The van der Waals surface area contributed by atoms with Gasteiger partial charge in [0.05, 0.1) is 0 Å². The highest BCUT2D eigenvalue weighted by atomic mass is 79.9. The Balaban J connectivity index is 1.99. The van der Waals surface area contributed by atoms with Crippen molar-refractivity contribution in [3.8, 4) is 5.88 Å². The van der Waals surface area contributed by atoms with E-state index in [0.29, 0.717) is 35.6 Å². The summed E-state index contributed by atoms with van der Waals surface area (Å²) in [5.41, 5.74) is 0.0946. The standard InChI is InChI=1S/C20H26BrN3O5/c21-10-3-1-2-7-14(25)22-17-16-11(12-8-9-15(26)23-18(12)27)5-4-6-13(16)19(28)24-20(17)29/h4-6,12,15,18,23,26-27H,1-3,7-10H2,(H,22,25)(H2,24,28,29). The predicted molar refractivity (Wildman–Crippen MR) is 114 cm³/mol. The molecule has 0 aliphatic carbocycles. The number of aliphatic hydroxyl groups is 2. The number of piperidine rings is 1. The molecule has 8 nitrogen and oxygen atoms in total. The van der Waals surface area contributed by atoms with Gasteiger partial charge in [0, 0.05) is 28.4 Å². The maximum Gasteiger partial charge on any atom is 0.275 e. The number of anilines is 1. The number of carbonyl (C=O) groups excluding carboxylic acids is 1. The third kappa shape index (κ3) is 4.98. The Hall–Kier alpha value is -1.94. The molecule has 1 aromatic heterocycles. The highest BCUT2D eigenvalue weighted by Crippen LogP contribution is 2.37. The summed E-state index contributed by atoms with van der Waals surface area (Å²) in [5.74, 6) is -0.969. The Kier molecular flexibility index (Phi) is 7.28. The quantitative estimate of drug-likeness (QED) is 0.273. The highest BCUT2D eigenvalue weighted by molar-refractivity contribution is 9.09. The number of halogens is 1. The Bertz CT molecular complexity index is 932. The van der Waals surface area contributed by atoms with Crippen LogP contribution in [0.3, 0.4) is 0 Å². The Morgan fingerprint density at radius 2 is 2.00 bits per heavy atom. The lowest BCUT2D eigenvalue weighted by Gasteiger charge is -2.33. The Morgan fingerprint density at radius 1 is 1.21 bits per heavy atom. The predicted octanol–water partition coefficient (Wildman–Crippen LogP) is 2.23. The minimum absolute atomic E-state index is 0.0669. The second-order valence-electron chi connectivity index (χ2n) is 7.31. The smallest absolute Gasteiger partial charge is 0.275 e. The number of rotatable bonds is 7. The largest absolute Gasteiger partial charge is 0.494 e. The van der Waals surface area contributed by atoms with Crippen molar-refractivity contribution in [1.29, 1.82) is 0 Å². The van der Waals surface area contributed by atoms with Gasteiger partial charge in [0.2, 0.25) is 5.91 Å². The minimum atomic E-state index is -1.02. The van der Waals surface area contributed by atoms with Gasteiger partial charge in [-0.25, -0.2) is 0 Å². The van der Waals surface area contributed by atoms with Crippen LogP contribution >= 0.6 is 15.9 Å². The summed E-state index contributed by atoms with van der Waals surface area (Å²) in [5, 5.41) is 37.5. The topological polar surface area (TPSA) is 135 Å². The number of aliphatic hydroxyl groups excluding tert-OH is 2. The summed E-state index contributed by atoms with van der Waals surface area (Å²) in [7, 11) is 0. The summed E-state index contributed by atoms with van der Waals surface area (Å²) in [6.07, 6.45) is 1.98. The van der Waals surface area contributed by atoms with Crippen LogP contribution in [0, 0.1) is 0 Å². The van der Waals surface area contributed by atoms with E-state index in [4.69, 9.17) is 0 Å². The number of aromatic amines is 1. The summed E-state index contributed by atoms with van der Waals surface area (Å²) < 4.78 is 0. The zero-order valence-corrected chi connectivity index (χ0v) is 17.5. The molecule has 2 heterocycles. The summed E-state index contributed by atoms with van der Waals surface area (Å²) >= 11 is 3.36. The molecular weight excluding hydrogens is 442 g/mol. The van der Waals surface area contributed by atoms with Crippen LogP contribution in [0.25, 0.3) is 10.8 Å². The molecule has 1 amide bonds. The molecule has 158 valence electrons. The summed E-state index contributed by atoms with van der Waals surface area (Å²) in [6.45, 7) is 0. The number of H-pyrrole nitrogens is 1. The first kappa shape index (κ1) is 21.8. The fourth-order valence-corrected chi connectivity index (χ4v) is 4.20. The third-order valence-corrected chi connectivity index (χ3v) is 5.82. The van der Waals surface area contributed by atoms with Crippen molar-refractivity contribution >= 4 is 38.3 Å². The number of pyridine rings is 1. The van der Waals surface area contributed by atoms with Crippen molar-refractivity contribution < 1.29 is 20.1 Å². The molecule has 0 bridgehead atoms. The molecule has 0 radical (unpaired) electrons. The molecule has 2 aromatic rings. The molecule has 3 atom stereocenters. The van der Waals surface area contributed by atoms with E-state index < -0.39 is 23.9 Å². The number of nitrogens with one attached hydrogen (secondary N) is 3. The number of amides is 1. The van der Waals surface area contributed by atoms with Crippen molar-refractivity contribution in [1.82, 2.24) is 10.3 Å². The average Bonchev–Trinajstić information content (AvgIpc) is 2.68. The fraction of sp³-hybridized carbons (Fsp3) is 0.500. The van der Waals surface area contributed by atoms with E-state index in [-0.39, 0.29) is 23.9 Å². The van der Waals surface area contributed by atoms with Gasteiger partial charge in [0.25, 0.3) is 5.56 Å². The summed E-state index contributed by atoms with van der Waals surface area (Å²) in [4.78, 5) is 27.4. The van der Waals surface area contributed by atoms with Crippen molar-refractivity contribution in [2.75, 3.05) is 10.6 Å². The molecule has 0 saturated carbocycles. The number of alkyl halides is 1. The number of aromatic nitrogens is 1. The van der Waals surface area contributed by atoms with Gasteiger partial charge in [-0.2, -0.15) is 0 Å². The maximum absolute atomic E-state index is 12.6. The first-order valence-corrected chi connectivity index (χ1v) is 10.9. The molecule has 1 aromatic carbocycles. The molecule has 1 aliphatic rings. The number of benzene rings is 1. The SMILES string of the molecule is O=C(CCCCCBr)Nc1c(=O)[nH]c(O)c2cccc(C3CCC(O)NC3O)c12. The van der Waals surface area contributed by atoms with Gasteiger partial charge in [-0.3, -0.25) is 19.9 Å². The van der Waals surface area contributed by atoms with Crippen LogP contribution in [0.1, 0.15) is 50.0 Å². The lowest BCUT2D eigenvalue weighted by molar-refractivity contribution is -0.116. The molecule has 0 spiro atoms. The lowest BCUT2D eigenvalue weighted by atomic mass is 9.86. The van der Waals surface area contributed by atoms with Crippen LogP contribution in [-0.4, -0.2) is 44.0 Å². The number of aromatic hydroxyl groups is 1. The van der Waals surface area contributed by atoms with Gasteiger partial charge in [-0.05, 0) is 37.3 Å². The van der Waals surface area contributed by atoms with E-state index in [0.717, 1.165) is 18.2 Å². The second kappa shape index (κ2) is 9.71. The van der Waals surface area contributed by atoms with E-state index >= 15 is 0 Å². The van der Waals surface area contributed by atoms with Crippen molar-refractivity contribution in [2.24, 2.45) is 0 Å². The highest BCUT2D eigenvalue weighted by Gasteiger charge is 2.31. The zero-order valence-electron chi connectivity index (χ0n) is 15.9. The van der Waals surface area contributed by atoms with Crippen molar-refractivity contribution in [3.05, 3.63) is 34.1 Å². The molecule has 29 heavy (non-hydrogen) atoms. The number of hydrogen-bond acceptors (Lipinski definition) is 6. The monoisotopic (exact) mass is 467 g/mol. The number of carbonyl (C=O) groups is 1. The Morgan fingerprint density at radius 3 is 2.72 bits per heavy atom. The van der Waals surface area contributed by atoms with Gasteiger partial charge in [0.15, 0.2) is 5.88 Å². The fourth-order valence-electron chi connectivity index (χ4n) is 3.80. The second-order valence-corrected chi connectivity index (χ2v) is 8.10. The van der Waals surface area contributed by atoms with Crippen LogP contribution in [0.4, 0.5) is 5.69 Å². The first-order valence-electron chi connectivity index (χ1n) is 9.78. The van der Waals surface area contributed by atoms with Gasteiger partial charge >= 0.3 is 0 Å². The molecule has 6 N–H and O–H groups in total. The van der Waals surface area contributed by atoms with Crippen LogP contribution < -0.4 is 16.2 Å². The Labute approximate surface area is 176 Å². The molecule has 3 unspecified atom stereocenters. The van der Waals surface area contributed by atoms with Crippen molar-refractivity contribution in [2.45, 2.75) is 56.9 Å². The zero-order chi connectivity index (χ0) is 21.0. The molecule has 1 aliphatic heterocycles. The summed E-state index contributed by atoms with van der Waals surface area (Å²) in [6, 6.07) is 5.13. The number of hydrogen-bond donors (Lipinski definition) is 6. The van der Waals surface area contributed by atoms with Gasteiger partial charge in [-0.1, -0.05) is 34.5 Å². The van der Waals surface area contributed by atoms with E-state index in [1.165, 1.54) is 0 Å².